The van der Waals surface area contributed by atoms with Crippen LogP contribution in [0.4, 0.5) is 0 Å². The fourth-order valence-corrected chi connectivity index (χ4v) is 5.35. The minimum Gasteiger partial charge on any atom is -0.508 e. The van der Waals surface area contributed by atoms with Crippen molar-refractivity contribution in [1.82, 2.24) is 9.88 Å². The van der Waals surface area contributed by atoms with E-state index in [9.17, 15) is 10.2 Å². The Hall–Kier alpha value is -1.78. The Morgan fingerprint density at radius 3 is 3.04 bits per heavy atom. The molecule has 23 heavy (non-hydrogen) atoms. The third-order valence-corrected chi connectivity index (χ3v) is 6.41. The number of allylic oxidation sites excluding steroid dienone is 1. The van der Waals surface area contributed by atoms with Gasteiger partial charge in [0.2, 0.25) is 0 Å². The number of benzene rings is 1. The number of aromatic nitrogens is 1. The van der Waals surface area contributed by atoms with E-state index in [2.05, 4.69) is 22.9 Å². The van der Waals surface area contributed by atoms with Crippen LogP contribution in [-0.2, 0) is 6.42 Å². The van der Waals surface area contributed by atoms with E-state index in [-0.39, 0.29) is 6.61 Å². The lowest BCUT2D eigenvalue weighted by Crippen LogP contribution is -2.60. The first-order valence-electron chi connectivity index (χ1n) is 8.56. The number of aromatic hydroxyl groups is 1. The summed E-state index contributed by atoms with van der Waals surface area (Å²) in [5, 5.41) is 21.0. The number of hydrogen-bond acceptors (Lipinski definition) is 3. The van der Waals surface area contributed by atoms with Crippen LogP contribution in [0, 0.1) is 11.8 Å². The first-order valence-corrected chi connectivity index (χ1v) is 8.56. The molecule has 120 valence electrons. The second kappa shape index (κ2) is 4.62. The highest BCUT2D eigenvalue weighted by Crippen LogP contribution is 2.54. The van der Waals surface area contributed by atoms with Crippen molar-refractivity contribution in [2.45, 2.75) is 31.8 Å². The van der Waals surface area contributed by atoms with Gasteiger partial charge in [-0.2, -0.15) is 0 Å². The van der Waals surface area contributed by atoms with Crippen molar-refractivity contribution in [2.75, 3.05) is 13.2 Å². The zero-order valence-corrected chi connectivity index (χ0v) is 13.3. The zero-order valence-electron chi connectivity index (χ0n) is 13.3. The molecule has 0 spiro atoms. The molecule has 0 aliphatic carbocycles. The van der Waals surface area contributed by atoms with Gasteiger partial charge in [-0.05, 0) is 49.4 Å². The molecule has 1 aromatic carbocycles. The van der Waals surface area contributed by atoms with Crippen LogP contribution >= 0.6 is 0 Å². The minimum absolute atomic E-state index is 0.263. The third-order valence-electron chi connectivity index (χ3n) is 6.41. The monoisotopic (exact) mass is 310 g/mol. The fourth-order valence-electron chi connectivity index (χ4n) is 5.35. The molecule has 0 saturated carbocycles. The Labute approximate surface area is 135 Å². The quantitative estimate of drug-likeness (QED) is 0.710. The largest absolute Gasteiger partial charge is 0.508 e. The predicted molar refractivity (Wildman–Crippen MR) is 89.3 cm³/mol. The highest BCUT2D eigenvalue weighted by Gasteiger charge is 2.52. The maximum Gasteiger partial charge on any atom is 0.116 e. The first kappa shape index (κ1) is 13.6. The summed E-state index contributed by atoms with van der Waals surface area (Å²) in [6, 6.07) is 6.44. The van der Waals surface area contributed by atoms with E-state index in [4.69, 9.17) is 0 Å². The van der Waals surface area contributed by atoms with Gasteiger partial charge >= 0.3 is 0 Å². The Morgan fingerprint density at radius 1 is 1.39 bits per heavy atom. The van der Waals surface area contributed by atoms with Gasteiger partial charge in [0.25, 0.3) is 0 Å². The van der Waals surface area contributed by atoms with E-state index in [1.54, 1.807) is 6.07 Å². The highest BCUT2D eigenvalue weighted by atomic mass is 16.3. The van der Waals surface area contributed by atoms with Gasteiger partial charge in [-0.1, -0.05) is 11.6 Å². The minimum atomic E-state index is 0.263. The van der Waals surface area contributed by atoms with Gasteiger partial charge in [0.05, 0.1) is 6.04 Å². The summed E-state index contributed by atoms with van der Waals surface area (Å²) < 4.78 is 0. The maximum absolute atomic E-state index is 9.99. The van der Waals surface area contributed by atoms with E-state index in [1.165, 1.54) is 16.8 Å². The lowest BCUT2D eigenvalue weighted by Gasteiger charge is -2.58. The average molecular weight is 310 g/mol. The number of phenolic OH excluding ortho intramolecular Hbond substituents is 1. The van der Waals surface area contributed by atoms with E-state index in [0.717, 1.165) is 30.3 Å². The van der Waals surface area contributed by atoms with Crippen molar-refractivity contribution >= 4 is 10.9 Å². The van der Waals surface area contributed by atoms with E-state index in [0.29, 0.717) is 29.7 Å². The van der Waals surface area contributed by atoms with Crippen molar-refractivity contribution in [2.24, 2.45) is 11.8 Å². The Morgan fingerprint density at radius 2 is 2.26 bits per heavy atom. The Bertz CT molecular complexity index is 822. The van der Waals surface area contributed by atoms with Crippen molar-refractivity contribution in [3.8, 4) is 5.75 Å². The topological polar surface area (TPSA) is 59.5 Å². The second-order valence-electron chi connectivity index (χ2n) is 7.26. The summed E-state index contributed by atoms with van der Waals surface area (Å²) in [5.41, 5.74) is 5.29. The molecule has 4 aliphatic rings. The number of piperidine rings is 3. The molecule has 4 bridgehead atoms. The molecule has 0 amide bonds. The number of nitrogens with zero attached hydrogens (tertiary/aromatic N) is 1. The standard InChI is InChI=1S/C19H22N2O2/c1-2-10-8-21-17-7-14-13-5-11(23)3-4-16(13)20-19(14)18(21)6-12(10)15(17)9-22/h2-5,12,15,17-18,20,22-23H,6-9H2,1H3/b10-2+/t12-,15+,17+,18+/m1/s1. The molecule has 3 N–H and O–H groups in total. The van der Waals surface area contributed by atoms with Crippen molar-refractivity contribution in [3.05, 3.63) is 41.1 Å². The molecule has 5 heterocycles. The van der Waals surface area contributed by atoms with Crippen LogP contribution in [0.2, 0.25) is 0 Å². The predicted octanol–water partition coefficient (Wildman–Crippen LogP) is 2.73. The summed E-state index contributed by atoms with van der Waals surface area (Å²) in [4.78, 5) is 6.21. The fraction of sp³-hybridized carbons (Fsp3) is 0.474. The van der Waals surface area contributed by atoms with E-state index in [1.807, 2.05) is 12.1 Å². The molecule has 4 heteroatoms. The summed E-state index contributed by atoms with van der Waals surface area (Å²) in [7, 11) is 0. The van der Waals surface area contributed by atoms with E-state index < -0.39 is 0 Å². The molecule has 1 aromatic heterocycles. The summed E-state index contributed by atoms with van der Waals surface area (Å²) in [6.07, 6.45) is 4.31. The molecule has 0 radical (unpaired) electrons. The van der Waals surface area contributed by atoms with Crippen LogP contribution in [0.5, 0.6) is 5.75 Å². The number of aromatic amines is 1. The number of rotatable bonds is 1. The molecule has 4 aliphatic heterocycles. The summed E-state index contributed by atoms with van der Waals surface area (Å²) in [5.74, 6) is 1.17. The molecular weight excluding hydrogens is 288 g/mol. The molecule has 6 rings (SSSR count). The van der Waals surface area contributed by atoms with Gasteiger partial charge in [-0.3, -0.25) is 4.90 Å². The molecule has 3 saturated heterocycles. The Balaban J connectivity index is 1.68. The molecule has 5 atom stereocenters. The summed E-state index contributed by atoms with van der Waals surface area (Å²) in [6.45, 7) is 3.42. The third kappa shape index (κ3) is 1.68. The maximum atomic E-state index is 9.99. The van der Waals surface area contributed by atoms with Crippen LogP contribution in [0.3, 0.4) is 0 Å². The van der Waals surface area contributed by atoms with Crippen LogP contribution in [-0.4, -0.2) is 39.3 Å². The van der Waals surface area contributed by atoms with E-state index >= 15 is 0 Å². The Kier molecular flexibility index (Phi) is 2.74. The molecule has 4 nitrogen and oxygen atoms in total. The van der Waals surface area contributed by atoms with Crippen molar-refractivity contribution in [3.63, 3.8) is 0 Å². The summed E-state index contributed by atoms with van der Waals surface area (Å²) >= 11 is 0. The number of hydrogen-bond donors (Lipinski definition) is 3. The first-order chi connectivity index (χ1) is 11.2. The smallest absolute Gasteiger partial charge is 0.116 e. The van der Waals surface area contributed by atoms with Gasteiger partial charge < -0.3 is 15.2 Å². The number of H-pyrrole nitrogens is 1. The molecule has 2 aromatic rings. The zero-order chi connectivity index (χ0) is 15.7. The van der Waals surface area contributed by atoms with Gasteiger partial charge in [-0.15, -0.1) is 0 Å². The normalized spacial score (nSPS) is 36.6. The van der Waals surface area contributed by atoms with Crippen molar-refractivity contribution in [1.29, 1.82) is 0 Å². The number of aliphatic hydroxyl groups excluding tert-OH is 1. The number of phenols is 1. The van der Waals surface area contributed by atoms with Gasteiger partial charge in [0, 0.05) is 41.7 Å². The molecular formula is C19H22N2O2. The lowest BCUT2D eigenvalue weighted by molar-refractivity contribution is -0.0503. The number of nitrogens with one attached hydrogen (secondary N) is 1. The molecule has 3 fully saturated rings. The van der Waals surface area contributed by atoms with Crippen LogP contribution in [0.1, 0.15) is 30.6 Å². The number of aliphatic hydroxyl groups is 1. The number of fused-ring (bicyclic) bond motifs is 4. The second-order valence-corrected chi connectivity index (χ2v) is 7.26. The lowest BCUT2D eigenvalue weighted by atomic mass is 9.64. The average Bonchev–Trinajstić information content (AvgIpc) is 2.92. The van der Waals surface area contributed by atoms with Gasteiger partial charge in [-0.25, -0.2) is 0 Å². The van der Waals surface area contributed by atoms with Crippen molar-refractivity contribution < 1.29 is 10.2 Å². The van der Waals surface area contributed by atoms with Gasteiger partial charge in [0.1, 0.15) is 5.75 Å². The van der Waals surface area contributed by atoms with Crippen LogP contribution in [0.15, 0.2) is 29.8 Å². The van der Waals surface area contributed by atoms with Gasteiger partial charge in [0.15, 0.2) is 0 Å². The van der Waals surface area contributed by atoms with Crippen LogP contribution in [0.25, 0.3) is 10.9 Å². The highest BCUT2D eigenvalue weighted by molar-refractivity contribution is 5.86. The molecule has 1 unspecified atom stereocenters. The SMILES string of the molecule is C/C=C1\CN2[C@H]3C[C@H]1[C@H](CO)[C@@H]2Cc1c3[nH]c2ccc(O)cc12. The van der Waals surface area contributed by atoms with Crippen LogP contribution < -0.4 is 0 Å².